The van der Waals surface area contributed by atoms with Crippen LogP contribution >= 0.6 is 0 Å². The zero-order chi connectivity index (χ0) is 15.9. The summed E-state index contributed by atoms with van der Waals surface area (Å²) < 4.78 is 5.19. The quantitative estimate of drug-likeness (QED) is 0.782. The number of hydrogen-bond donors (Lipinski definition) is 2. The molecule has 0 fully saturated rings. The summed E-state index contributed by atoms with van der Waals surface area (Å²) in [6.45, 7) is 6.10. The molecule has 2 heterocycles. The topological polar surface area (TPSA) is 87.6 Å². The van der Waals surface area contributed by atoms with Crippen molar-refractivity contribution in [2.24, 2.45) is 0 Å². The minimum Gasteiger partial charge on any atom is -0.389 e. The molecule has 2 N–H and O–H groups in total. The SMILES string of the molecule is CCOC[C@@H](O)CNc1ncnc2c1CCN(C(C)=O)CC2. The van der Waals surface area contributed by atoms with Gasteiger partial charge in [0.15, 0.2) is 0 Å². The summed E-state index contributed by atoms with van der Waals surface area (Å²) in [6.07, 6.45) is 2.40. The predicted molar refractivity (Wildman–Crippen MR) is 82.7 cm³/mol. The van der Waals surface area contributed by atoms with E-state index in [1.54, 1.807) is 6.92 Å². The maximum Gasteiger partial charge on any atom is 0.219 e. The summed E-state index contributed by atoms with van der Waals surface area (Å²) in [6, 6.07) is 0. The molecule has 0 radical (unpaired) electrons. The van der Waals surface area contributed by atoms with Gasteiger partial charge in [-0.3, -0.25) is 4.79 Å². The monoisotopic (exact) mass is 308 g/mol. The average molecular weight is 308 g/mol. The van der Waals surface area contributed by atoms with Crippen molar-refractivity contribution in [1.82, 2.24) is 14.9 Å². The van der Waals surface area contributed by atoms with Gasteiger partial charge in [-0.15, -0.1) is 0 Å². The first-order valence-electron chi connectivity index (χ1n) is 7.69. The fourth-order valence-electron chi connectivity index (χ4n) is 2.52. The van der Waals surface area contributed by atoms with E-state index in [9.17, 15) is 9.90 Å². The van der Waals surface area contributed by atoms with Crippen LogP contribution in [0, 0.1) is 0 Å². The molecule has 0 aliphatic carbocycles. The number of fused-ring (bicyclic) bond motifs is 1. The third-order valence-electron chi connectivity index (χ3n) is 3.75. The maximum atomic E-state index is 11.5. The molecule has 7 nitrogen and oxygen atoms in total. The first-order chi connectivity index (χ1) is 10.6. The number of ether oxygens (including phenoxy) is 1. The summed E-state index contributed by atoms with van der Waals surface area (Å²) >= 11 is 0. The Balaban J connectivity index is 2.01. The van der Waals surface area contributed by atoms with Gasteiger partial charge in [0.2, 0.25) is 5.91 Å². The van der Waals surface area contributed by atoms with Gasteiger partial charge in [-0.1, -0.05) is 0 Å². The van der Waals surface area contributed by atoms with Crippen molar-refractivity contribution in [3.8, 4) is 0 Å². The Bertz CT molecular complexity index is 510. The number of hydrogen-bond acceptors (Lipinski definition) is 6. The van der Waals surface area contributed by atoms with Crippen molar-refractivity contribution < 1.29 is 14.6 Å². The summed E-state index contributed by atoms with van der Waals surface area (Å²) in [7, 11) is 0. The van der Waals surface area contributed by atoms with Gasteiger partial charge in [0.25, 0.3) is 0 Å². The minimum atomic E-state index is -0.579. The van der Waals surface area contributed by atoms with Crippen molar-refractivity contribution in [3.05, 3.63) is 17.6 Å². The molecule has 1 aliphatic rings. The number of rotatable bonds is 6. The molecule has 122 valence electrons. The maximum absolute atomic E-state index is 11.5. The van der Waals surface area contributed by atoms with Crippen LogP contribution in [0.1, 0.15) is 25.1 Å². The van der Waals surface area contributed by atoms with Crippen molar-refractivity contribution >= 4 is 11.7 Å². The standard InChI is InChI=1S/C15H24N4O3/c1-3-22-9-12(21)8-16-15-13-4-6-19(11(2)20)7-5-14(13)17-10-18-15/h10,12,21H,3-9H2,1-2H3,(H,16,17,18)/t12-/m0/s1. The normalized spacial score (nSPS) is 15.9. The number of anilines is 1. The Hall–Kier alpha value is -1.73. The van der Waals surface area contributed by atoms with Crippen molar-refractivity contribution in [1.29, 1.82) is 0 Å². The van der Waals surface area contributed by atoms with Crippen LogP contribution in [0.15, 0.2) is 6.33 Å². The largest absolute Gasteiger partial charge is 0.389 e. The van der Waals surface area contributed by atoms with E-state index in [0.29, 0.717) is 32.8 Å². The van der Waals surface area contributed by atoms with Crippen LogP contribution in [-0.4, -0.2) is 64.8 Å². The Kier molecular flexibility index (Phi) is 6.09. The highest BCUT2D eigenvalue weighted by Crippen LogP contribution is 2.20. The number of aromatic nitrogens is 2. The molecular weight excluding hydrogens is 284 g/mol. The molecule has 0 unspecified atom stereocenters. The zero-order valence-corrected chi connectivity index (χ0v) is 13.2. The van der Waals surface area contributed by atoms with Crippen molar-refractivity contribution in [2.75, 3.05) is 38.2 Å². The van der Waals surface area contributed by atoms with E-state index in [1.165, 1.54) is 6.33 Å². The van der Waals surface area contributed by atoms with Gasteiger partial charge in [-0.25, -0.2) is 9.97 Å². The van der Waals surface area contributed by atoms with Gasteiger partial charge in [-0.2, -0.15) is 0 Å². The van der Waals surface area contributed by atoms with Gasteiger partial charge in [0.1, 0.15) is 12.1 Å². The molecule has 0 bridgehead atoms. The molecule has 0 spiro atoms. The van der Waals surface area contributed by atoms with E-state index < -0.39 is 6.10 Å². The lowest BCUT2D eigenvalue weighted by molar-refractivity contribution is -0.128. The average Bonchev–Trinajstić information content (AvgIpc) is 2.73. The molecular formula is C15H24N4O3. The number of aliphatic hydroxyl groups is 1. The zero-order valence-electron chi connectivity index (χ0n) is 13.2. The third kappa shape index (κ3) is 4.38. The van der Waals surface area contributed by atoms with Crippen LogP contribution in [-0.2, 0) is 22.4 Å². The van der Waals surface area contributed by atoms with Crippen LogP contribution in [0.3, 0.4) is 0 Å². The Morgan fingerprint density at radius 2 is 2.23 bits per heavy atom. The third-order valence-corrected chi connectivity index (χ3v) is 3.75. The smallest absolute Gasteiger partial charge is 0.219 e. The predicted octanol–water partition coefficient (Wildman–Crippen LogP) is 0.233. The number of nitrogens with one attached hydrogen (secondary N) is 1. The highest BCUT2D eigenvalue weighted by atomic mass is 16.5. The van der Waals surface area contributed by atoms with Crippen LogP contribution in [0.5, 0.6) is 0 Å². The molecule has 1 aromatic rings. The van der Waals surface area contributed by atoms with Gasteiger partial charge < -0.3 is 20.1 Å². The molecule has 2 rings (SSSR count). The van der Waals surface area contributed by atoms with Gasteiger partial charge in [0, 0.05) is 45.1 Å². The van der Waals surface area contributed by atoms with Crippen LogP contribution < -0.4 is 5.32 Å². The second-order valence-corrected chi connectivity index (χ2v) is 5.35. The number of carbonyl (C=O) groups excluding carboxylic acids is 1. The van der Waals surface area contributed by atoms with Gasteiger partial charge in [0.05, 0.1) is 18.4 Å². The van der Waals surface area contributed by atoms with Crippen LogP contribution in [0.4, 0.5) is 5.82 Å². The lowest BCUT2D eigenvalue weighted by Crippen LogP contribution is -2.31. The Morgan fingerprint density at radius 3 is 2.95 bits per heavy atom. The molecule has 1 aromatic heterocycles. The summed E-state index contributed by atoms with van der Waals surface area (Å²) in [5, 5.41) is 13.0. The molecule has 0 saturated carbocycles. The first kappa shape index (κ1) is 16.6. The molecule has 1 atom stereocenters. The molecule has 0 aromatic carbocycles. The van der Waals surface area contributed by atoms with E-state index in [-0.39, 0.29) is 5.91 Å². The van der Waals surface area contributed by atoms with E-state index in [4.69, 9.17) is 4.74 Å². The van der Waals surface area contributed by atoms with Crippen molar-refractivity contribution in [2.45, 2.75) is 32.8 Å². The highest BCUT2D eigenvalue weighted by molar-refractivity contribution is 5.73. The van der Waals surface area contributed by atoms with E-state index in [0.717, 1.165) is 29.9 Å². The lowest BCUT2D eigenvalue weighted by atomic mass is 10.1. The van der Waals surface area contributed by atoms with E-state index in [1.807, 2.05) is 11.8 Å². The van der Waals surface area contributed by atoms with E-state index in [2.05, 4.69) is 15.3 Å². The molecule has 0 saturated heterocycles. The summed E-state index contributed by atoms with van der Waals surface area (Å²) in [5.41, 5.74) is 2.01. The number of nitrogens with zero attached hydrogens (tertiary/aromatic N) is 3. The van der Waals surface area contributed by atoms with Crippen LogP contribution in [0.25, 0.3) is 0 Å². The molecule has 1 aliphatic heterocycles. The number of aliphatic hydroxyl groups excluding tert-OH is 1. The summed E-state index contributed by atoms with van der Waals surface area (Å²) in [4.78, 5) is 22.0. The second kappa shape index (κ2) is 8.05. The fourth-order valence-corrected chi connectivity index (χ4v) is 2.52. The highest BCUT2D eigenvalue weighted by Gasteiger charge is 2.20. The Labute approximate surface area is 130 Å². The van der Waals surface area contributed by atoms with Gasteiger partial charge >= 0.3 is 0 Å². The summed E-state index contributed by atoms with van der Waals surface area (Å²) in [5.74, 6) is 0.827. The number of carbonyl (C=O) groups is 1. The Morgan fingerprint density at radius 1 is 1.45 bits per heavy atom. The van der Waals surface area contributed by atoms with Gasteiger partial charge in [-0.05, 0) is 13.3 Å². The van der Waals surface area contributed by atoms with Crippen molar-refractivity contribution in [3.63, 3.8) is 0 Å². The first-order valence-corrected chi connectivity index (χ1v) is 7.69. The van der Waals surface area contributed by atoms with E-state index >= 15 is 0 Å². The van der Waals surface area contributed by atoms with Crippen LogP contribution in [0.2, 0.25) is 0 Å². The molecule has 22 heavy (non-hydrogen) atoms. The fraction of sp³-hybridized carbons (Fsp3) is 0.667. The lowest BCUT2D eigenvalue weighted by Gasteiger charge is -2.17. The second-order valence-electron chi connectivity index (χ2n) is 5.35. The minimum absolute atomic E-state index is 0.0856. The number of amides is 1. The molecule has 7 heteroatoms. The molecule has 1 amide bonds.